The molecule has 0 aliphatic heterocycles. The summed E-state index contributed by atoms with van der Waals surface area (Å²) in [5.41, 5.74) is 2.47. The van der Waals surface area contributed by atoms with Gasteiger partial charge in [-0.1, -0.05) is 84.9 Å². The van der Waals surface area contributed by atoms with E-state index in [1.807, 2.05) is 19.9 Å². The lowest BCUT2D eigenvalue weighted by molar-refractivity contribution is -0.140. The Morgan fingerprint density at radius 3 is 2.14 bits per heavy atom. The van der Waals surface area contributed by atoms with Crippen LogP contribution in [-0.4, -0.2) is 43.8 Å². The Bertz CT molecular complexity index is 1500. The van der Waals surface area contributed by atoms with E-state index in [1.165, 1.54) is 17.0 Å². The molecule has 0 unspecified atom stereocenters. The second kappa shape index (κ2) is 13.9. The fourth-order valence-electron chi connectivity index (χ4n) is 5.33. The largest absolute Gasteiger partial charge is 0.352 e. The van der Waals surface area contributed by atoms with E-state index in [0.29, 0.717) is 33.3 Å². The molecule has 4 rings (SSSR count). The van der Waals surface area contributed by atoms with Crippen molar-refractivity contribution < 1.29 is 18.0 Å². The molecule has 0 radical (unpaired) electrons. The number of sulfonamides is 1. The second-order valence-corrected chi connectivity index (χ2v) is 13.4. The van der Waals surface area contributed by atoms with Crippen molar-refractivity contribution in [3.8, 4) is 0 Å². The Morgan fingerprint density at radius 2 is 1.55 bits per heavy atom. The van der Waals surface area contributed by atoms with Crippen molar-refractivity contribution in [3.63, 3.8) is 0 Å². The first-order valence-corrected chi connectivity index (χ1v) is 16.4. The summed E-state index contributed by atoms with van der Waals surface area (Å²) in [5.74, 6) is -0.817. The number of carbonyl (C=O) groups is 2. The van der Waals surface area contributed by atoms with Gasteiger partial charge in [0.15, 0.2) is 0 Å². The normalized spacial score (nSPS) is 14.4. The summed E-state index contributed by atoms with van der Waals surface area (Å²) in [5, 5.41) is 3.82. The van der Waals surface area contributed by atoms with Crippen molar-refractivity contribution >= 4 is 50.7 Å². The number of aryl methyl sites for hydroxylation is 2. The van der Waals surface area contributed by atoms with Crippen LogP contribution < -0.4 is 9.62 Å². The Hall–Kier alpha value is -3.07. The number of anilines is 1. The van der Waals surface area contributed by atoms with Crippen LogP contribution >= 0.6 is 23.2 Å². The molecule has 1 N–H and O–H groups in total. The van der Waals surface area contributed by atoms with Crippen molar-refractivity contribution in [3.05, 3.63) is 93.5 Å². The number of amides is 2. The molecule has 7 nitrogen and oxygen atoms in total. The van der Waals surface area contributed by atoms with Crippen LogP contribution in [0.5, 0.6) is 0 Å². The number of hydrogen-bond donors (Lipinski definition) is 1. The molecule has 224 valence electrons. The highest BCUT2D eigenvalue weighted by molar-refractivity contribution is 7.92. The van der Waals surface area contributed by atoms with Gasteiger partial charge < -0.3 is 10.2 Å². The average molecular weight is 631 g/mol. The molecule has 0 bridgehead atoms. The van der Waals surface area contributed by atoms with Gasteiger partial charge >= 0.3 is 0 Å². The summed E-state index contributed by atoms with van der Waals surface area (Å²) in [7, 11) is -4.15. The van der Waals surface area contributed by atoms with Gasteiger partial charge in [-0.2, -0.15) is 0 Å². The molecule has 0 heterocycles. The van der Waals surface area contributed by atoms with Gasteiger partial charge in [0.25, 0.3) is 10.0 Å². The van der Waals surface area contributed by atoms with E-state index in [0.717, 1.165) is 35.6 Å². The minimum Gasteiger partial charge on any atom is -0.352 e. The second-order valence-electron chi connectivity index (χ2n) is 10.7. The van der Waals surface area contributed by atoms with Gasteiger partial charge in [0, 0.05) is 28.2 Å². The smallest absolute Gasteiger partial charge is 0.264 e. The molecule has 2 amide bonds. The van der Waals surface area contributed by atoms with Crippen molar-refractivity contribution in [1.82, 2.24) is 10.2 Å². The summed E-state index contributed by atoms with van der Waals surface area (Å²) >= 11 is 13.0. The van der Waals surface area contributed by atoms with Gasteiger partial charge in [0.1, 0.15) is 12.6 Å². The van der Waals surface area contributed by atoms with Gasteiger partial charge in [-0.25, -0.2) is 8.42 Å². The molecule has 3 aromatic rings. The van der Waals surface area contributed by atoms with E-state index in [2.05, 4.69) is 5.32 Å². The van der Waals surface area contributed by atoms with Crippen LogP contribution in [0.1, 0.15) is 55.7 Å². The third-order valence-corrected chi connectivity index (χ3v) is 10.2. The lowest BCUT2D eigenvalue weighted by Gasteiger charge is -2.34. The molecule has 0 spiro atoms. The third kappa shape index (κ3) is 7.28. The van der Waals surface area contributed by atoms with Crippen LogP contribution in [0.4, 0.5) is 5.69 Å². The molecule has 0 saturated heterocycles. The zero-order valence-electron chi connectivity index (χ0n) is 24.1. The summed E-state index contributed by atoms with van der Waals surface area (Å²) in [6.45, 7) is 4.92. The molecule has 3 aromatic carbocycles. The topological polar surface area (TPSA) is 86.8 Å². The molecular weight excluding hydrogens is 593 g/mol. The Kier molecular flexibility index (Phi) is 10.6. The quantitative estimate of drug-likeness (QED) is 0.256. The van der Waals surface area contributed by atoms with Gasteiger partial charge in [0.2, 0.25) is 11.8 Å². The number of benzene rings is 3. The minimum absolute atomic E-state index is 0.0535. The first-order valence-electron chi connectivity index (χ1n) is 14.2. The predicted molar refractivity (Wildman–Crippen MR) is 168 cm³/mol. The summed E-state index contributed by atoms with van der Waals surface area (Å²) in [6.07, 6.45) is 4.19. The van der Waals surface area contributed by atoms with E-state index in [4.69, 9.17) is 23.2 Å². The average Bonchev–Trinajstić information content (AvgIpc) is 3.46. The highest BCUT2D eigenvalue weighted by atomic mass is 35.5. The maximum atomic E-state index is 14.3. The number of halogens is 2. The lowest BCUT2D eigenvalue weighted by Crippen LogP contribution is -2.53. The molecule has 1 fully saturated rings. The Balaban J connectivity index is 1.75. The van der Waals surface area contributed by atoms with Crippen LogP contribution in [0.15, 0.2) is 71.6 Å². The van der Waals surface area contributed by atoms with E-state index < -0.39 is 28.5 Å². The van der Waals surface area contributed by atoms with Gasteiger partial charge in [-0.3, -0.25) is 13.9 Å². The lowest BCUT2D eigenvalue weighted by atomic mass is 10.1. The van der Waals surface area contributed by atoms with Gasteiger partial charge in [-0.05, 0) is 69.0 Å². The molecule has 42 heavy (non-hydrogen) atoms. The molecular formula is C32H37Cl2N3O4S. The maximum absolute atomic E-state index is 14.3. The van der Waals surface area contributed by atoms with E-state index in [-0.39, 0.29) is 23.4 Å². The molecule has 10 heteroatoms. The van der Waals surface area contributed by atoms with Crippen molar-refractivity contribution in [2.75, 3.05) is 10.8 Å². The molecule has 1 saturated carbocycles. The van der Waals surface area contributed by atoms with Crippen LogP contribution in [0, 0.1) is 13.8 Å². The Labute approximate surface area is 258 Å². The fourth-order valence-corrected chi connectivity index (χ4v) is 7.33. The first kappa shape index (κ1) is 31.9. The van der Waals surface area contributed by atoms with E-state index in [9.17, 15) is 18.0 Å². The highest BCUT2D eigenvalue weighted by Gasteiger charge is 2.35. The summed E-state index contributed by atoms with van der Waals surface area (Å²) in [4.78, 5) is 29.4. The number of nitrogens with zero attached hydrogens (tertiary/aromatic N) is 2. The third-order valence-electron chi connectivity index (χ3n) is 7.75. The number of carbonyl (C=O) groups excluding carboxylic acids is 2. The fraction of sp³-hybridized carbons (Fsp3) is 0.375. The van der Waals surface area contributed by atoms with Crippen molar-refractivity contribution in [1.29, 1.82) is 0 Å². The number of nitrogens with one attached hydrogen (secondary N) is 1. The van der Waals surface area contributed by atoms with Gasteiger partial charge in [0.05, 0.1) is 10.6 Å². The van der Waals surface area contributed by atoms with E-state index in [1.54, 1.807) is 55.5 Å². The van der Waals surface area contributed by atoms with Crippen molar-refractivity contribution in [2.24, 2.45) is 0 Å². The zero-order valence-corrected chi connectivity index (χ0v) is 26.5. The number of rotatable bonds is 11. The predicted octanol–water partition coefficient (Wildman–Crippen LogP) is 6.67. The SMILES string of the molecule is CC[C@H](C(=O)NC1CCCC1)N(Cc1c(Cl)cccc1Cl)C(=O)CN(c1ccccc1C)S(=O)(=O)c1ccc(C)cc1. The molecule has 0 aromatic heterocycles. The monoisotopic (exact) mass is 629 g/mol. The highest BCUT2D eigenvalue weighted by Crippen LogP contribution is 2.30. The molecule has 1 atom stereocenters. The van der Waals surface area contributed by atoms with E-state index >= 15 is 0 Å². The summed E-state index contributed by atoms with van der Waals surface area (Å²) in [6, 6.07) is 17.8. The first-order chi connectivity index (χ1) is 20.0. The standard InChI is InChI=1S/C32H37Cl2N3O4S/c1-4-29(32(39)35-24-11-6-7-12-24)36(20-26-27(33)13-9-14-28(26)34)31(38)21-37(30-15-8-5-10-23(30)3)42(40,41)25-18-16-22(2)17-19-25/h5,8-10,13-19,24,29H,4,6-7,11-12,20-21H2,1-3H3,(H,35,39)/t29-/m1/s1. The number of para-hydroxylation sites is 1. The minimum atomic E-state index is -4.15. The zero-order chi connectivity index (χ0) is 30.4. The van der Waals surface area contributed by atoms with Crippen molar-refractivity contribution in [2.45, 2.75) is 76.4 Å². The van der Waals surface area contributed by atoms with Crippen LogP contribution in [-0.2, 0) is 26.2 Å². The van der Waals surface area contributed by atoms with Crippen LogP contribution in [0.25, 0.3) is 0 Å². The Morgan fingerprint density at radius 1 is 0.929 bits per heavy atom. The maximum Gasteiger partial charge on any atom is 0.264 e. The molecule has 1 aliphatic carbocycles. The summed E-state index contributed by atoms with van der Waals surface area (Å²) < 4.78 is 29.2. The van der Waals surface area contributed by atoms with Gasteiger partial charge in [-0.15, -0.1) is 0 Å². The number of hydrogen-bond acceptors (Lipinski definition) is 4. The van der Waals surface area contributed by atoms with Crippen LogP contribution in [0.3, 0.4) is 0 Å². The van der Waals surface area contributed by atoms with Crippen LogP contribution in [0.2, 0.25) is 10.0 Å². The molecule has 1 aliphatic rings.